The lowest BCUT2D eigenvalue weighted by molar-refractivity contribution is 0.457. The first-order valence-corrected chi connectivity index (χ1v) is 7.57. The number of anilines is 1. The number of nitrogen functional groups attached to an aromatic ring is 1. The van der Waals surface area contributed by atoms with Crippen molar-refractivity contribution in [3.8, 4) is 0 Å². The van der Waals surface area contributed by atoms with Gasteiger partial charge in [-0.15, -0.1) is 0 Å². The predicted octanol–water partition coefficient (Wildman–Crippen LogP) is 1.43. The number of nitrogens with zero attached hydrogens (tertiary/aromatic N) is 2. The summed E-state index contributed by atoms with van der Waals surface area (Å²) in [7, 11) is -2.04. The van der Waals surface area contributed by atoms with Crippen LogP contribution in [0.5, 0.6) is 0 Å². The second-order valence-electron chi connectivity index (χ2n) is 4.78. The molecule has 0 saturated heterocycles. The van der Waals surface area contributed by atoms with Crippen molar-refractivity contribution in [2.75, 3.05) is 12.8 Å². The van der Waals surface area contributed by atoms with E-state index in [1.165, 1.54) is 11.4 Å². The van der Waals surface area contributed by atoms with Gasteiger partial charge in [0.15, 0.2) is 0 Å². The number of aromatic amines is 1. The molecule has 0 bridgehead atoms. The van der Waals surface area contributed by atoms with Crippen LogP contribution in [0.25, 0.3) is 0 Å². The number of rotatable bonds is 4. The minimum absolute atomic E-state index is 0.193. The number of aryl methyl sites for hydroxylation is 2. The van der Waals surface area contributed by atoms with Crippen molar-refractivity contribution in [1.82, 2.24) is 14.3 Å². The van der Waals surface area contributed by atoms with Crippen LogP contribution >= 0.6 is 0 Å². The average molecular weight is 294 g/mol. The Morgan fingerprint density at radius 2 is 1.90 bits per heavy atom. The van der Waals surface area contributed by atoms with Crippen molar-refractivity contribution in [3.63, 3.8) is 0 Å². The summed E-state index contributed by atoms with van der Waals surface area (Å²) in [5.74, 6) is 0.599. The summed E-state index contributed by atoms with van der Waals surface area (Å²) < 4.78 is 26.6. The second kappa shape index (κ2) is 5.26. The number of imidazole rings is 1. The Morgan fingerprint density at radius 1 is 1.30 bits per heavy atom. The highest BCUT2D eigenvalue weighted by molar-refractivity contribution is 7.89. The van der Waals surface area contributed by atoms with Crippen LogP contribution < -0.4 is 5.73 Å². The molecule has 0 amide bonds. The quantitative estimate of drug-likeness (QED) is 0.834. The van der Waals surface area contributed by atoms with Gasteiger partial charge in [0.05, 0.1) is 11.4 Å². The normalized spacial score (nSPS) is 12.0. The van der Waals surface area contributed by atoms with E-state index >= 15 is 0 Å². The minimum Gasteiger partial charge on any atom is -0.399 e. The first-order valence-electron chi connectivity index (χ1n) is 6.13. The third kappa shape index (κ3) is 2.68. The second-order valence-corrected chi connectivity index (χ2v) is 6.76. The maximum absolute atomic E-state index is 12.7. The van der Waals surface area contributed by atoms with E-state index < -0.39 is 10.0 Å². The number of nitrogens with one attached hydrogen (secondary N) is 1. The van der Waals surface area contributed by atoms with Crippen LogP contribution in [0.2, 0.25) is 0 Å². The Hall–Kier alpha value is -1.86. The summed E-state index contributed by atoms with van der Waals surface area (Å²) >= 11 is 0. The van der Waals surface area contributed by atoms with Gasteiger partial charge < -0.3 is 10.7 Å². The largest absolute Gasteiger partial charge is 0.399 e. The SMILES string of the molecule is Cc1cc(N)cc(C)c1S(=O)(=O)N(C)Cc1ncc[nH]1. The number of hydrogen-bond donors (Lipinski definition) is 2. The number of hydrogen-bond acceptors (Lipinski definition) is 4. The van der Waals surface area contributed by atoms with Crippen LogP contribution in [0.1, 0.15) is 17.0 Å². The van der Waals surface area contributed by atoms with E-state index in [9.17, 15) is 8.42 Å². The third-order valence-corrected chi connectivity index (χ3v) is 5.19. The average Bonchev–Trinajstić information content (AvgIpc) is 2.79. The Morgan fingerprint density at radius 3 is 2.40 bits per heavy atom. The molecule has 108 valence electrons. The van der Waals surface area contributed by atoms with Crippen LogP contribution in [0.15, 0.2) is 29.4 Å². The number of nitrogens with two attached hydrogens (primary N) is 1. The Labute approximate surface area is 118 Å². The van der Waals surface area contributed by atoms with Crippen LogP contribution in [0.4, 0.5) is 5.69 Å². The highest BCUT2D eigenvalue weighted by Gasteiger charge is 2.25. The maximum Gasteiger partial charge on any atom is 0.243 e. The van der Waals surface area contributed by atoms with Gasteiger partial charge in [0, 0.05) is 25.1 Å². The van der Waals surface area contributed by atoms with E-state index in [1.54, 1.807) is 38.4 Å². The van der Waals surface area contributed by atoms with Gasteiger partial charge in [0.2, 0.25) is 10.0 Å². The summed E-state index contributed by atoms with van der Waals surface area (Å²) in [5, 5.41) is 0. The monoisotopic (exact) mass is 294 g/mol. The van der Waals surface area contributed by atoms with Gasteiger partial charge in [-0.1, -0.05) is 0 Å². The molecule has 2 rings (SSSR count). The van der Waals surface area contributed by atoms with Crippen molar-refractivity contribution in [3.05, 3.63) is 41.5 Å². The fraction of sp³-hybridized carbons (Fsp3) is 0.308. The van der Waals surface area contributed by atoms with Gasteiger partial charge in [-0.25, -0.2) is 13.4 Å². The van der Waals surface area contributed by atoms with Gasteiger partial charge in [0.25, 0.3) is 0 Å². The predicted molar refractivity (Wildman–Crippen MR) is 77.6 cm³/mol. The third-order valence-electron chi connectivity index (χ3n) is 3.08. The molecule has 7 heteroatoms. The van der Waals surface area contributed by atoms with Crippen molar-refractivity contribution in [2.24, 2.45) is 0 Å². The molecule has 2 aromatic rings. The Kier molecular flexibility index (Phi) is 3.82. The molecule has 0 radical (unpaired) electrons. The fourth-order valence-electron chi connectivity index (χ4n) is 2.23. The van der Waals surface area contributed by atoms with Crippen molar-refractivity contribution >= 4 is 15.7 Å². The fourth-order valence-corrected chi connectivity index (χ4v) is 3.76. The smallest absolute Gasteiger partial charge is 0.243 e. The van der Waals surface area contributed by atoms with Gasteiger partial charge in [0.1, 0.15) is 5.82 Å². The zero-order valence-electron chi connectivity index (χ0n) is 11.7. The summed E-state index contributed by atoms with van der Waals surface area (Å²) in [6.45, 7) is 3.69. The van der Waals surface area contributed by atoms with Crippen LogP contribution in [0, 0.1) is 13.8 Å². The number of sulfonamides is 1. The first-order chi connectivity index (χ1) is 9.32. The number of benzene rings is 1. The zero-order chi connectivity index (χ0) is 14.9. The lowest BCUT2D eigenvalue weighted by Gasteiger charge is -2.19. The van der Waals surface area contributed by atoms with E-state index in [4.69, 9.17) is 5.73 Å². The zero-order valence-corrected chi connectivity index (χ0v) is 12.5. The van der Waals surface area contributed by atoms with E-state index in [0.717, 1.165) is 0 Å². The van der Waals surface area contributed by atoms with Crippen molar-refractivity contribution in [2.45, 2.75) is 25.3 Å². The number of H-pyrrole nitrogens is 1. The lowest BCUT2D eigenvalue weighted by Crippen LogP contribution is -2.28. The molecule has 20 heavy (non-hydrogen) atoms. The van der Waals surface area contributed by atoms with Gasteiger partial charge in [-0.05, 0) is 37.1 Å². The van der Waals surface area contributed by atoms with Crippen LogP contribution in [0.3, 0.4) is 0 Å². The topological polar surface area (TPSA) is 92.1 Å². The van der Waals surface area contributed by atoms with Crippen LogP contribution in [-0.4, -0.2) is 29.7 Å². The molecule has 0 spiro atoms. The molecule has 6 nitrogen and oxygen atoms in total. The van der Waals surface area contributed by atoms with Gasteiger partial charge in [-0.3, -0.25) is 0 Å². The molecular formula is C13H18N4O2S. The molecule has 3 N–H and O–H groups in total. The Balaban J connectivity index is 2.40. The molecule has 0 fully saturated rings. The van der Waals surface area contributed by atoms with Crippen LogP contribution in [-0.2, 0) is 16.6 Å². The van der Waals surface area contributed by atoms with Gasteiger partial charge >= 0.3 is 0 Å². The van der Waals surface area contributed by atoms with Gasteiger partial charge in [-0.2, -0.15) is 4.31 Å². The van der Waals surface area contributed by atoms with Crippen molar-refractivity contribution < 1.29 is 8.42 Å². The minimum atomic E-state index is -3.58. The molecule has 0 saturated carbocycles. The maximum atomic E-state index is 12.7. The molecule has 0 aliphatic rings. The summed E-state index contributed by atoms with van der Waals surface area (Å²) in [6.07, 6.45) is 3.25. The standard InChI is InChI=1S/C13H18N4O2S/c1-9-6-11(14)7-10(2)13(9)20(18,19)17(3)8-12-15-4-5-16-12/h4-7H,8,14H2,1-3H3,(H,15,16). The lowest BCUT2D eigenvalue weighted by atomic mass is 10.1. The molecule has 0 atom stereocenters. The number of aromatic nitrogens is 2. The van der Waals surface area contributed by atoms with E-state index in [0.29, 0.717) is 27.5 Å². The molecule has 0 aliphatic heterocycles. The summed E-state index contributed by atoms with van der Waals surface area (Å²) in [6, 6.07) is 3.33. The summed E-state index contributed by atoms with van der Waals surface area (Å²) in [4.78, 5) is 7.24. The molecule has 1 heterocycles. The first kappa shape index (κ1) is 14.5. The molecule has 1 aromatic carbocycles. The molecule has 0 aliphatic carbocycles. The highest BCUT2D eigenvalue weighted by Crippen LogP contribution is 2.26. The highest BCUT2D eigenvalue weighted by atomic mass is 32.2. The summed E-state index contributed by atoms with van der Waals surface area (Å²) in [5.41, 5.74) is 7.59. The van der Waals surface area contributed by atoms with Crippen molar-refractivity contribution in [1.29, 1.82) is 0 Å². The van der Waals surface area contributed by atoms with E-state index in [2.05, 4.69) is 9.97 Å². The molecule has 1 aromatic heterocycles. The van der Waals surface area contributed by atoms with E-state index in [1.807, 2.05) is 0 Å². The molecule has 0 unspecified atom stereocenters. The van der Waals surface area contributed by atoms with E-state index in [-0.39, 0.29) is 6.54 Å². The molecular weight excluding hydrogens is 276 g/mol. The Bertz CT molecular complexity index is 685.